The van der Waals surface area contributed by atoms with Gasteiger partial charge >= 0.3 is 5.97 Å². The molecular weight excluding hydrogens is 154 g/mol. The summed E-state index contributed by atoms with van der Waals surface area (Å²) in [6, 6.07) is 0.0242. The molecule has 0 saturated heterocycles. The third-order valence-electron chi connectivity index (χ3n) is 1.85. The molecule has 3 nitrogen and oxygen atoms in total. The van der Waals surface area contributed by atoms with Crippen LogP contribution in [0.3, 0.4) is 0 Å². The zero-order valence-electron chi connectivity index (χ0n) is 8.08. The van der Waals surface area contributed by atoms with E-state index in [2.05, 4.69) is 13.8 Å². The molecule has 0 bridgehead atoms. The molecule has 72 valence electrons. The summed E-state index contributed by atoms with van der Waals surface area (Å²) in [6.45, 7) is 5.87. The van der Waals surface area contributed by atoms with Gasteiger partial charge < -0.3 is 10.8 Å². The second-order valence-electron chi connectivity index (χ2n) is 3.86. The summed E-state index contributed by atoms with van der Waals surface area (Å²) in [4.78, 5) is 10.5. The summed E-state index contributed by atoms with van der Waals surface area (Å²) in [5.74, 6) is -0.533. The van der Waals surface area contributed by atoms with Crippen LogP contribution in [-0.2, 0) is 4.79 Å². The Balaban J connectivity index is 3.68. The van der Waals surface area contributed by atoms with Crippen molar-refractivity contribution in [3.8, 4) is 0 Å². The third-order valence-corrected chi connectivity index (χ3v) is 1.85. The molecule has 0 saturated carbocycles. The zero-order chi connectivity index (χ0) is 9.72. The lowest BCUT2D eigenvalue weighted by Gasteiger charge is -2.15. The first-order valence-corrected chi connectivity index (χ1v) is 4.41. The van der Waals surface area contributed by atoms with Crippen LogP contribution in [0.1, 0.15) is 33.6 Å². The number of hydrogen-bond donors (Lipinski definition) is 2. The molecule has 2 unspecified atom stereocenters. The second kappa shape index (κ2) is 5.14. The van der Waals surface area contributed by atoms with Crippen molar-refractivity contribution >= 4 is 5.97 Å². The van der Waals surface area contributed by atoms with Crippen LogP contribution in [0.4, 0.5) is 0 Å². The molecule has 0 radical (unpaired) electrons. The largest absolute Gasteiger partial charge is 0.481 e. The normalized spacial score (nSPS) is 16.1. The number of carboxylic acids is 1. The van der Waals surface area contributed by atoms with Crippen molar-refractivity contribution < 1.29 is 9.90 Å². The van der Waals surface area contributed by atoms with Gasteiger partial charge in [0.2, 0.25) is 0 Å². The standard InChI is InChI=1S/C9H19NO2/c1-6(2)4-8(10)5-7(3)9(11)12/h6-8H,4-5,10H2,1-3H3,(H,11,12). The average molecular weight is 173 g/mol. The third kappa shape index (κ3) is 5.13. The van der Waals surface area contributed by atoms with Crippen LogP contribution < -0.4 is 5.73 Å². The average Bonchev–Trinajstić information content (AvgIpc) is 1.84. The van der Waals surface area contributed by atoms with Crippen molar-refractivity contribution in [3.05, 3.63) is 0 Å². The van der Waals surface area contributed by atoms with Crippen molar-refractivity contribution in [2.45, 2.75) is 39.7 Å². The topological polar surface area (TPSA) is 63.3 Å². The van der Waals surface area contributed by atoms with Crippen molar-refractivity contribution in [2.24, 2.45) is 17.6 Å². The van der Waals surface area contributed by atoms with Gasteiger partial charge in [0.15, 0.2) is 0 Å². The Hall–Kier alpha value is -0.570. The highest BCUT2D eigenvalue weighted by Gasteiger charge is 2.15. The predicted molar refractivity (Wildman–Crippen MR) is 48.8 cm³/mol. The molecule has 0 spiro atoms. The molecule has 3 N–H and O–H groups in total. The Morgan fingerprint density at radius 1 is 1.33 bits per heavy atom. The van der Waals surface area contributed by atoms with Crippen LogP contribution in [0.25, 0.3) is 0 Å². The molecule has 0 fully saturated rings. The van der Waals surface area contributed by atoms with Crippen molar-refractivity contribution in [1.29, 1.82) is 0 Å². The molecule has 0 aliphatic carbocycles. The molecule has 3 heteroatoms. The number of hydrogen-bond acceptors (Lipinski definition) is 2. The highest BCUT2D eigenvalue weighted by Crippen LogP contribution is 2.11. The molecule has 0 aromatic carbocycles. The molecule has 0 aromatic heterocycles. The highest BCUT2D eigenvalue weighted by molar-refractivity contribution is 5.69. The fourth-order valence-corrected chi connectivity index (χ4v) is 1.26. The van der Waals surface area contributed by atoms with E-state index in [0.717, 1.165) is 6.42 Å². The van der Waals surface area contributed by atoms with Crippen LogP contribution in [0.5, 0.6) is 0 Å². The Morgan fingerprint density at radius 3 is 2.17 bits per heavy atom. The molecule has 0 aromatic rings. The van der Waals surface area contributed by atoms with Crippen LogP contribution in [0.15, 0.2) is 0 Å². The summed E-state index contributed by atoms with van der Waals surface area (Å²) in [5.41, 5.74) is 5.75. The maximum Gasteiger partial charge on any atom is 0.306 e. The maximum atomic E-state index is 10.5. The summed E-state index contributed by atoms with van der Waals surface area (Å²) in [6.07, 6.45) is 1.48. The van der Waals surface area contributed by atoms with E-state index in [-0.39, 0.29) is 12.0 Å². The SMILES string of the molecule is CC(C)CC(N)CC(C)C(=O)O. The van der Waals surface area contributed by atoms with Crippen molar-refractivity contribution in [3.63, 3.8) is 0 Å². The Morgan fingerprint density at radius 2 is 1.83 bits per heavy atom. The zero-order valence-corrected chi connectivity index (χ0v) is 8.08. The number of carbonyl (C=O) groups is 1. The number of nitrogens with two attached hydrogens (primary N) is 1. The van der Waals surface area contributed by atoms with Gasteiger partial charge in [-0.25, -0.2) is 0 Å². The monoisotopic (exact) mass is 173 g/mol. The van der Waals surface area contributed by atoms with E-state index in [4.69, 9.17) is 10.8 Å². The number of carboxylic acid groups (broad SMARTS) is 1. The summed E-state index contributed by atoms with van der Waals surface area (Å²) in [5, 5.41) is 8.61. The van der Waals surface area contributed by atoms with Gasteiger partial charge in [0.25, 0.3) is 0 Å². The molecule has 0 aliphatic heterocycles. The molecule has 0 amide bonds. The van der Waals surface area contributed by atoms with Crippen molar-refractivity contribution in [2.75, 3.05) is 0 Å². The van der Waals surface area contributed by atoms with Gasteiger partial charge in [-0.1, -0.05) is 20.8 Å². The Bertz CT molecular complexity index is 145. The molecular formula is C9H19NO2. The maximum absolute atomic E-state index is 10.5. The van der Waals surface area contributed by atoms with E-state index in [0.29, 0.717) is 12.3 Å². The first-order chi connectivity index (χ1) is 5.43. The number of aliphatic carboxylic acids is 1. The van der Waals surface area contributed by atoms with Gasteiger partial charge in [-0.2, -0.15) is 0 Å². The van der Waals surface area contributed by atoms with E-state index >= 15 is 0 Å². The van der Waals surface area contributed by atoms with Gasteiger partial charge in [0.05, 0.1) is 5.92 Å². The first-order valence-electron chi connectivity index (χ1n) is 4.41. The highest BCUT2D eigenvalue weighted by atomic mass is 16.4. The summed E-state index contributed by atoms with van der Waals surface area (Å²) < 4.78 is 0. The Kier molecular flexibility index (Phi) is 4.90. The van der Waals surface area contributed by atoms with Gasteiger partial charge in [-0.05, 0) is 18.8 Å². The van der Waals surface area contributed by atoms with E-state index in [1.807, 2.05) is 0 Å². The molecule has 0 heterocycles. The molecule has 2 atom stereocenters. The van der Waals surface area contributed by atoms with Crippen LogP contribution >= 0.6 is 0 Å². The summed E-state index contributed by atoms with van der Waals surface area (Å²) >= 11 is 0. The second-order valence-corrected chi connectivity index (χ2v) is 3.86. The minimum absolute atomic E-state index is 0.0242. The van der Waals surface area contributed by atoms with E-state index in [1.165, 1.54) is 0 Å². The lowest BCUT2D eigenvalue weighted by Crippen LogP contribution is -2.27. The Labute approximate surface area is 74.0 Å². The van der Waals surface area contributed by atoms with Crippen molar-refractivity contribution in [1.82, 2.24) is 0 Å². The molecule has 0 rings (SSSR count). The van der Waals surface area contributed by atoms with Gasteiger partial charge in [-0.15, -0.1) is 0 Å². The lowest BCUT2D eigenvalue weighted by atomic mass is 9.96. The molecule has 12 heavy (non-hydrogen) atoms. The number of rotatable bonds is 5. The minimum Gasteiger partial charge on any atom is -0.481 e. The van der Waals surface area contributed by atoms with Gasteiger partial charge in [0, 0.05) is 6.04 Å². The first kappa shape index (κ1) is 11.4. The van der Waals surface area contributed by atoms with Crippen LogP contribution in [0, 0.1) is 11.8 Å². The van der Waals surface area contributed by atoms with Gasteiger partial charge in [0.1, 0.15) is 0 Å². The van der Waals surface area contributed by atoms with E-state index < -0.39 is 5.97 Å². The van der Waals surface area contributed by atoms with Crippen LogP contribution in [0.2, 0.25) is 0 Å². The molecule has 0 aliphatic rings. The van der Waals surface area contributed by atoms with E-state index in [1.54, 1.807) is 6.92 Å². The fraction of sp³-hybridized carbons (Fsp3) is 0.889. The fourth-order valence-electron chi connectivity index (χ4n) is 1.26. The smallest absolute Gasteiger partial charge is 0.306 e. The van der Waals surface area contributed by atoms with E-state index in [9.17, 15) is 4.79 Å². The summed E-state index contributed by atoms with van der Waals surface area (Å²) in [7, 11) is 0. The quantitative estimate of drug-likeness (QED) is 0.661. The van der Waals surface area contributed by atoms with Gasteiger partial charge in [-0.3, -0.25) is 4.79 Å². The minimum atomic E-state index is -0.755. The van der Waals surface area contributed by atoms with Crippen LogP contribution in [-0.4, -0.2) is 17.1 Å². The lowest BCUT2D eigenvalue weighted by molar-refractivity contribution is -0.141. The predicted octanol–water partition coefficient (Wildman–Crippen LogP) is 1.47.